The molecule has 2 aromatic rings. The number of hydrogen-bond acceptors (Lipinski definition) is 3. The summed E-state index contributed by atoms with van der Waals surface area (Å²) in [6, 6.07) is 12.9. The number of hydrogen-bond donors (Lipinski definition) is 1. The summed E-state index contributed by atoms with van der Waals surface area (Å²) in [7, 11) is 0. The lowest BCUT2D eigenvalue weighted by atomic mass is 9.94. The van der Waals surface area contributed by atoms with Crippen LogP contribution in [0.25, 0.3) is 0 Å². The number of para-hydroxylation sites is 1. The van der Waals surface area contributed by atoms with Crippen molar-refractivity contribution in [3.05, 3.63) is 52.2 Å². The molecular formula is C17H21NOS. The van der Waals surface area contributed by atoms with Crippen molar-refractivity contribution in [1.82, 2.24) is 5.32 Å². The second-order valence-corrected chi connectivity index (χ2v) is 6.21. The summed E-state index contributed by atoms with van der Waals surface area (Å²) in [6.45, 7) is 1.80. The SMILES string of the molecule is c1ccc(OCCCNC2CCCc3sccc32)cc1. The average molecular weight is 287 g/mol. The highest BCUT2D eigenvalue weighted by molar-refractivity contribution is 7.10. The van der Waals surface area contributed by atoms with Gasteiger partial charge in [0.15, 0.2) is 0 Å². The van der Waals surface area contributed by atoms with E-state index in [1.54, 1.807) is 4.88 Å². The Bertz CT molecular complexity index is 523. The molecule has 1 atom stereocenters. The smallest absolute Gasteiger partial charge is 0.119 e. The Labute approximate surface area is 124 Å². The summed E-state index contributed by atoms with van der Waals surface area (Å²) < 4.78 is 5.71. The zero-order valence-electron chi connectivity index (χ0n) is 11.7. The Morgan fingerprint density at radius 3 is 3.00 bits per heavy atom. The van der Waals surface area contributed by atoms with E-state index < -0.39 is 0 Å². The van der Waals surface area contributed by atoms with E-state index in [9.17, 15) is 0 Å². The van der Waals surface area contributed by atoms with Gasteiger partial charge < -0.3 is 10.1 Å². The molecule has 1 aliphatic rings. The Hall–Kier alpha value is -1.32. The number of benzene rings is 1. The van der Waals surface area contributed by atoms with Crippen LogP contribution in [0, 0.1) is 0 Å². The molecule has 1 aliphatic carbocycles. The minimum absolute atomic E-state index is 0.557. The van der Waals surface area contributed by atoms with Crippen LogP contribution in [-0.4, -0.2) is 13.2 Å². The molecule has 0 radical (unpaired) electrons. The van der Waals surface area contributed by atoms with Crippen molar-refractivity contribution in [1.29, 1.82) is 0 Å². The van der Waals surface area contributed by atoms with Gasteiger partial charge in [0.2, 0.25) is 0 Å². The maximum atomic E-state index is 5.71. The Morgan fingerprint density at radius 2 is 2.10 bits per heavy atom. The molecule has 20 heavy (non-hydrogen) atoms. The van der Waals surface area contributed by atoms with Crippen molar-refractivity contribution in [2.45, 2.75) is 31.7 Å². The molecule has 3 rings (SSSR count). The van der Waals surface area contributed by atoms with Gasteiger partial charge in [-0.15, -0.1) is 11.3 Å². The van der Waals surface area contributed by atoms with Crippen molar-refractivity contribution in [2.24, 2.45) is 0 Å². The van der Waals surface area contributed by atoms with Crippen LogP contribution in [0.15, 0.2) is 41.8 Å². The maximum Gasteiger partial charge on any atom is 0.119 e. The monoisotopic (exact) mass is 287 g/mol. The minimum atomic E-state index is 0.557. The second kappa shape index (κ2) is 6.91. The highest BCUT2D eigenvalue weighted by atomic mass is 32.1. The zero-order chi connectivity index (χ0) is 13.6. The van der Waals surface area contributed by atoms with Crippen LogP contribution in [0.3, 0.4) is 0 Å². The number of aryl methyl sites for hydroxylation is 1. The van der Waals surface area contributed by atoms with Crippen LogP contribution in [0.2, 0.25) is 0 Å². The largest absolute Gasteiger partial charge is 0.494 e. The third-order valence-corrected chi connectivity index (χ3v) is 4.77. The number of rotatable bonds is 6. The molecule has 0 fully saturated rings. The highest BCUT2D eigenvalue weighted by Gasteiger charge is 2.20. The van der Waals surface area contributed by atoms with Crippen LogP contribution in [-0.2, 0) is 6.42 Å². The van der Waals surface area contributed by atoms with E-state index in [0.717, 1.165) is 25.3 Å². The van der Waals surface area contributed by atoms with E-state index in [-0.39, 0.29) is 0 Å². The Balaban J connectivity index is 1.39. The molecule has 1 unspecified atom stereocenters. The number of nitrogens with one attached hydrogen (secondary N) is 1. The van der Waals surface area contributed by atoms with E-state index in [2.05, 4.69) is 16.8 Å². The van der Waals surface area contributed by atoms with Crippen molar-refractivity contribution < 1.29 is 4.74 Å². The van der Waals surface area contributed by atoms with Gasteiger partial charge in [-0.3, -0.25) is 0 Å². The predicted octanol–water partition coefficient (Wildman–Crippen LogP) is 4.18. The Morgan fingerprint density at radius 1 is 1.20 bits per heavy atom. The van der Waals surface area contributed by atoms with Gasteiger partial charge in [0.05, 0.1) is 6.61 Å². The Kier molecular flexibility index (Phi) is 4.72. The first-order chi connectivity index (χ1) is 9.93. The molecule has 106 valence electrons. The topological polar surface area (TPSA) is 21.3 Å². The number of fused-ring (bicyclic) bond motifs is 1. The molecule has 1 aromatic heterocycles. The van der Waals surface area contributed by atoms with Crippen molar-refractivity contribution in [2.75, 3.05) is 13.2 Å². The molecule has 1 N–H and O–H groups in total. The van der Waals surface area contributed by atoms with Crippen molar-refractivity contribution in [3.8, 4) is 5.75 Å². The van der Waals surface area contributed by atoms with Crippen LogP contribution in [0.1, 0.15) is 35.7 Å². The van der Waals surface area contributed by atoms with E-state index in [4.69, 9.17) is 4.74 Å². The molecule has 0 amide bonds. The summed E-state index contributed by atoms with van der Waals surface area (Å²) in [5.74, 6) is 0.963. The molecule has 1 heterocycles. The average Bonchev–Trinajstić information content (AvgIpc) is 2.97. The van der Waals surface area contributed by atoms with Crippen LogP contribution < -0.4 is 10.1 Å². The molecule has 0 bridgehead atoms. The van der Waals surface area contributed by atoms with E-state index in [1.165, 1.54) is 24.8 Å². The van der Waals surface area contributed by atoms with Crippen LogP contribution in [0.4, 0.5) is 0 Å². The van der Waals surface area contributed by atoms with Gasteiger partial charge in [-0.05, 0) is 61.4 Å². The van der Waals surface area contributed by atoms with E-state index in [0.29, 0.717) is 6.04 Å². The van der Waals surface area contributed by atoms with Crippen LogP contribution in [0.5, 0.6) is 5.75 Å². The van der Waals surface area contributed by atoms with Gasteiger partial charge >= 0.3 is 0 Å². The minimum Gasteiger partial charge on any atom is -0.494 e. The molecule has 1 aromatic carbocycles. The van der Waals surface area contributed by atoms with E-state index >= 15 is 0 Å². The fourth-order valence-electron chi connectivity index (χ4n) is 2.75. The highest BCUT2D eigenvalue weighted by Crippen LogP contribution is 2.33. The number of ether oxygens (including phenoxy) is 1. The summed E-state index contributed by atoms with van der Waals surface area (Å²) in [5.41, 5.74) is 1.53. The van der Waals surface area contributed by atoms with Crippen LogP contribution >= 0.6 is 11.3 Å². The van der Waals surface area contributed by atoms with Gasteiger partial charge in [-0.25, -0.2) is 0 Å². The summed E-state index contributed by atoms with van der Waals surface area (Å²) in [5, 5.41) is 5.90. The van der Waals surface area contributed by atoms with Gasteiger partial charge in [-0.2, -0.15) is 0 Å². The van der Waals surface area contributed by atoms with Gasteiger partial charge in [0, 0.05) is 10.9 Å². The molecule has 2 nitrogen and oxygen atoms in total. The zero-order valence-corrected chi connectivity index (χ0v) is 12.5. The molecule has 0 saturated heterocycles. The molecule has 0 spiro atoms. The second-order valence-electron chi connectivity index (χ2n) is 5.21. The molecule has 0 aliphatic heterocycles. The summed E-state index contributed by atoms with van der Waals surface area (Å²) in [4.78, 5) is 1.58. The van der Waals surface area contributed by atoms with Gasteiger partial charge in [-0.1, -0.05) is 18.2 Å². The van der Waals surface area contributed by atoms with Crippen molar-refractivity contribution >= 4 is 11.3 Å². The standard InChI is InChI=1S/C17H21NOS/c1-2-6-14(7-3-1)19-12-5-11-18-16-8-4-9-17-15(16)10-13-20-17/h1-3,6-7,10,13,16,18H,4-5,8-9,11-12H2. The fourth-order valence-corrected chi connectivity index (χ4v) is 3.74. The number of thiophene rings is 1. The third kappa shape index (κ3) is 3.41. The summed E-state index contributed by atoms with van der Waals surface area (Å²) in [6.07, 6.45) is 4.89. The van der Waals surface area contributed by atoms with E-state index in [1.807, 2.05) is 41.7 Å². The molecule has 3 heteroatoms. The lowest BCUT2D eigenvalue weighted by Gasteiger charge is -2.23. The lowest BCUT2D eigenvalue weighted by Crippen LogP contribution is -2.26. The first-order valence-corrected chi connectivity index (χ1v) is 8.29. The fraction of sp³-hybridized carbons (Fsp3) is 0.412. The summed E-state index contributed by atoms with van der Waals surface area (Å²) >= 11 is 1.91. The molecule has 0 saturated carbocycles. The lowest BCUT2D eigenvalue weighted by molar-refractivity contribution is 0.303. The predicted molar refractivity (Wildman–Crippen MR) is 84.6 cm³/mol. The molecular weight excluding hydrogens is 266 g/mol. The quantitative estimate of drug-likeness (QED) is 0.805. The van der Waals surface area contributed by atoms with Gasteiger partial charge in [0.1, 0.15) is 5.75 Å². The van der Waals surface area contributed by atoms with Gasteiger partial charge in [0.25, 0.3) is 0 Å². The van der Waals surface area contributed by atoms with Crippen molar-refractivity contribution in [3.63, 3.8) is 0 Å². The third-order valence-electron chi connectivity index (χ3n) is 3.78. The maximum absolute atomic E-state index is 5.71. The first kappa shape index (κ1) is 13.7. The first-order valence-electron chi connectivity index (χ1n) is 7.41. The normalized spacial score (nSPS) is 17.7.